The Balaban J connectivity index is -0.0000101. The fraction of sp³-hybridized carbons (Fsp3) is 0.929. The number of carbonyl (C=O) groups is 1. The third-order valence-corrected chi connectivity index (χ3v) is 10.1. The lowest BCUT2D eigenvalue weighted by Gasteiger charge is -2.37. The minimum Gasteiger partial charge on any atom is -1.00 e. The Hall–Kier alpha value is 0.0900. The topological polar surface area (TPSA) is 26.3 Å². The molecule has 0 aliphatic rings. The van der Waals surface area contributed by atoms with E-state index in [0.717, 1.165) is 35.1 Å². The first-order valence-corrected chi connectivity index (χ1v) is 20.6. The molecule has 0 bridgehead atoms. The van der Waals surface area contributed by atoms with Crippen molar-refractivity contribution >= 4 is 5.97 Å². The van der Waals surface area contributed by atoms with Gasteiger partial charge in [0.05, 0.1) is 41.3 Å². The first-order chi connectivity index (χ1) is 22.2. The molecule has 0 aliphatic carbocycles. The second-order valence-electron chi connectivity index (χ2n) is 16.1. The van der Waals surface area contributed by atoms with Crippen LogP contribution in [-0.2, 0) is 9.53 Å². The second kappa shape index (κ2) is 36.9. The zero-order chi connectivity index (χ0) is 34.2. The molecule has 0 amide bonds. The summed E-state index contributed by atoms with van der Waals surface area (Å²) in [6.45, 7) is 12.3. The quantitative estimate of drug-likeness (QED) is 0.0326. The minimum atomic E-state index is -0.280. The molecule has 0 heterocycles. The van der Waals surface area contributed by atoms with Crippen molar-refractivity contribution in [3.8, 4) is 0 Å². The average molecular weight is 811 g/mol. The molecule has 0 aromatic heterocycles. The lowest BCUT2D eigenvalue weighted by atomic mass is 10.0. The highest BCUT2D eigenvalue weighted by molar-refractivity contribution is 5.81. The van der Waals surface area contributed by atoms with Crippen molar-refractivity contribution in [2.24, 2.45) is 0 Å². The molecule has 0 saturated carbocycles. The molecule has 0 aromatic rings. The van der Waals surface area contributed by atoms with Crippen LogP contribution in [0.3, 0.4) is 0 Å². The number of halogens is 2. The maximum Gasteiger partial charge on any atom is 0.330 e. The van der Waals surface area contributed by atoms with E-state index >= 15 is 0 Å². The van der Waals surface area contributed by atoms with E-state index in [2.05, 4.69) is 48.6 Å². The summed E-state index contributed by atoms with van der Waals surface area (Å²) in [4.78, 5) is 12.2. The summed E-state index contributed by atoms with van der Waals surface area (Å²) >= 11 is 0. The van der Waals surface area contributed by atoms with Crippen molar-refractivity contribution in [3.63, 3.8) is 0 Å². The Morgan fingerprint density at radius 3 is 0.938 bits per heavy atom. The van der Waals surface area contributed by atoms with Crippen LogP contribution in [-0.4, -0.2) is 75.4 Å². The maximum absolute atomic E-state index is 12.2. The van der Waals surface area contributed by atoms with E-state index in [1.165, 1.54) is 186 Å². The summed E-state index contributed by atoms with van der Waals surface area (Å²) in [5.41, 5.74) is 0. The van der Waals surface area contributed by atoms with Gasteiger partial charge in [0.25, 0.3) is 0 Å². The van der Waals surface area contributed by atoms with Gasteiger partial charge in [-0.3, -0.25) is 0 Å². The Morgan fingerprint density at radius 1 is 0.479 bits per heavy atom. The van der Waals surface area contributed by atoms with Gasteiger partial charge in [-0.15, -0.1) is 0 Å². The number of carbonyl (C=O) groups excluding carboxylic acids is 1. The molecule has 0 aliphatic heterocycles. The monoisotopic (exact) mass is 809 g/mol. The van der Waals surface area contributed by atoms with Crippen LogP contribution in [0.25, 0.3) is 0 Å². The van der Waals surface area contributed by atoms with E-state index in [4.69, 9.17) is 4.74 Å². The van der Waals surface area contributed by atoms with Crippen LogP contribution in [0.5, 0.6) is 0 Å². The Kier molecular flexibility index (Phi) is 40.3. The number of unbranched alkanes of at least 4 members (excludes halogenated alkanes) is 26. The largest absolute Gasteiger partial charge is 1.00 e. The lowest BCUT2D eigenvalue weighted by molar-refractivity contribution is -0.914. The zero-order valence-electron chi connectivity index (χ0n) is 33.5. The molecule has 0 N–H and O–H groups in total. The standard InChI is InChI=1S/C42H86N2O2.2BrH/c1-8-11-13-15-17-19-21-23-25-27-29-31-33-35-37-43(4,5)39-41(46-42(45)10-3)40-44(6,7)38-36-34-32-30-28-26-24-22-20-18-16-14-12-9-2;;/h10,41H,3,8-9,11-40H2,1-2,4-7H3;2*1H/q+2;;/p-2. The van der Waals surface area contributed by atoms with Gasteiger partial charge >= 0.3 is 5.97 Å². The van der Waals surface area contributed by atoms with E-state index in [9.17, 15) is 4.79 Å². The number of rotatable bonds is 36. The Morgan fingerprint density at radius 2 is 0.708 bits per heavy atom. The summed E-state index contributed by atoms with van der Waals surface area (Å²) in [6.07, 6.45) is 40.3. The number of nitrogens with zero attached hydrogens (tertiary/aromatic N) is 2. The molecule has 0 fully saturated rings. The second-order valence-corrected chi connectivity index (χ2v) is 16.1. The summed E-state index contributed by atoms with van der Waals surface area (Å²) in [5.74, 6) is -0.280. The predicted molar refractivity (Wildman–Crippen MR) is 204 cm³/mol. The molecule has 0 spiro atoms. The van der Waals surface area contributed by atoms with E-state index in [1.54, 1.807) is 0 Å². The number of hydrogen-bond donors (Lipinski definition) is 0. The third-order valence-electron chi connectivity index (χ3n) is 10.1. The Labute approximate surface area is 323 Å². The molecule has 4 nitrogen and oxygen atoms in total. The van der Waals surface area contributed by atoms with Crippen LogP contribution in [0.1, 0.15) is 194 Å². The summed E-state index contributed by atoms with van der Waals surface area (Å²) in [5, 5.41) is 0. The van der Waals surface area contributed by atoms with E-state index < -0.39 is 0 Å². The van der Waals surface area contributed by atoms with Crippen molar-refractivity contribution in [3.05, 3.63) is 12.7 Å². The third kappa shape index (κ3) is 37.3. The molecule has 6 heteroatoms. The van der Waals surface area contributed by atoms with Gasteiger partial charge in [0.1, 0.15) is 13.1 Å². The molecule has 290 valence electrons. The van der Waals surface area contributed by atoms with Crippen LogP contribution in [0.2, 0.25) is 0 Å². The number of esters is 1. The molecule has 0 atom stereocenters. The van der Waals surface area contributed by atoms with Crippen LogP contribution in [0.4, 0.5) is 0 Å². The molecule has 0 aromatic carbocycles. The van der Waals surface area contributed by atoms with Crippen LogP contribution in [0, 0.1) is 0 Å². The normalized spacial score (nSPS) is 11.7. The van der Waals surface area contributed by atoms with E-state index in [-0.39, 0.29) is 46.0 Å². The number of hydrogen-bond acceptors (Lipinski definition) is 2. The average Bonchev–Trinajstić information content (AvgIpc) is 3.00. The molecule has 0 unspecified atom stereocenters. The van der Waals surface area contributed by atoms with Crippen molar-refractivity contribution in [1.29, 1.82) is 0 Å². The summed E-state index contributed by atoms with van der Waals surface area (Å²) in [7, 11) is 9.24. The van der Waals surface area contributed by atoms with Crippen LogP contribution < -0.4 is 34.0 Å². The van der Waals surface area contributed by atoms with Gasteiger partial charge in [-0.05, 0) is 25.7 Å². The SMILES string of the molecule is C=CC(=O)OC(C[N+](C)(C)CCCCCCCCCCCCCCCC)C[N+](C)(C)CCCCCCCCCCCCCCCC.[Br-].[Br-]. The van der Waals surface area contributed by atoms with Crippen molar-refractivity contribution in [2.45, 2.75) is 200 Å². The zero-order valence-corrected chi connectivity index (χ0v) is 36.6. The van der Waals surface area contributed by atoms with E-state index in [1.807, 2.05) is 0 Å². The van der Waals surface area contributed by atoms with Crippen LogP contribution in [0.15, 0.2) is 12.7 Å². The van der Waals surface area contributed by atoms with Crippen LogP contribution >= 0.6 is 0 Å². The van der Waals surface area contributed by atoms with Gasteiger partial charge in [0.15, 0.2) is 6.10 Å². The van der Waals surface area contributed by atoms with Gasteiger partial charge < -0.3 is 47.7 Å². The molecular weight excluding hydrogens is 724 g/mol. The van der Waals surface area contributed by atoms with E-state index in [0.29, 0.717) is 0 Å². The molecular formula is C42H86Br2N2O2. The fourth-order valence-electron chi connectivity index (χ4n) is 7.10. The predicted octanol–water partition coefficient (Wildman–Crippen LogP) is 6.21. The highest BCUT2D eigenvalue weighted by Crippen LogP contribution is 2.17. The lowest BCUT2D eigenvalue weighted by Crippen LogP contribution is -3.00. The first kappa shape index (κ1) is 52.5. The fourth-order valence-corrected chi connectivity index (χ4v) is 7.10. The first-order valence-electron chi connectivity index (χ1n) is 20.6. The van der Waals surface area contributed by atoms with Crippen molar-refractivity contribution < 1.29 is 52.5 Å². The molecule has 48 heavy (non-hydrogen) atoms. The van der Waals surface area contributed by atoms with Gasteiger partial charge in [0, 0.05) is 6.08 Å². The highest BCUT2D eigenvalue weighted by Gasteiger charge is 2.30. The maximum atomic E-state index is 12.2. The van der Waals surface area contributed by atoms with Crippen molar-refractivity contribution in [2.75, 3.05) is 54.4 Å². The van der Waals surface area contributed by atoms with Gasteiger partial charge in [-0.25, -0.2) is 4.79 Å². The molecule has 0 radical (unpaired) electrons. The number of quaternary nitrogens is 2. The highest BCUT2D eigenvalue weighted by atomic mass is 79.9. The summed E-state index contributed by atoms with van der Waals surface area (Å²) in [6, 6.07) is 0. The van der Waals surface area contributed by atoms with Gasteiger partial charge in [-0.2, -0.15) is 0 Å². The Bertz CT molecular complexity index is 641. The van der Waals surface area contributed by atoms with Gasteiger partial charge in [-0.1, -0.05) is 175 Å². The summed E-state index contributed by atoms with van der Waals surface area (Å²) < 4.78 is 7.75. The molecule has 0 rings (SSSR count). The van der Waals surface area contributed by atoms with Crippen molar-refractivity contribution in [1.82, 2.24) is 0 Å². The minimum absolute atomic E-state index is 0. The van der Waals surface area contributed by atoms with Gasteiger partial charge in [0.2, 0.25) is 0 Å². The number of ether oxygens (including phenoxy) is 1. The number of likely N-dealkylation sites (N-methyl/N-ethyl adjacent to an activating group) is 2. The molecule has 0 saturated heterocycles. The smallest absolute Gasteiger partial charge is 0.330 e.